The molecule has 1 fully saturated rings. The van der Waals surface area contributed by atoms with Crippen LogP contribution in [0.2, 0.25) is 0 Å². The Kier molecular flexibility index (Phi) is 5.08. The van der Waals surface area contributed by atoms with Crippen LogP contribution >= 0.6 is 0 Å². The van der Waals surface area contributed by atoms with E-state index >= 15 is 0 Å². The summed E-state index contributed by atoms with van der Waals surface area (Å²) >= 11 is 0. The van der Waals surface area contributed by atoms with Crippen LogP contribution in [0.5, 0.6) is 0 Å². The molecule has 32 heavy (non-hydrogen) atoms. The number of benzene rings is 2. The molecule has 0 spiro atoms. The summed E-state index contributed by atoms with van der Waals surface area (Å²) in [6.45, 7) is 1.93. The summed E-state index contributed by atoms with van der Waals surface area (Å²) in [6.07, 6.45) is 4.91. The fraction of sp³-hybridized carbons (Fsp3) is 0.240. The molecular weight excluding hydrogens is 403 g/mol. The first-order chi connectivity index (χ1) is 15.5. The maximum absolute atomic E-state index is 14.5. The second-order valence-electron chi connectivity index (χ2n) is 8.23. The molecular formula is C25H23FN6. The summed E-state index contributed by atoms with van der Waals surface area (Å²) in [5.74, 6) is -0.530. The number of aromatic nitrogens is 3. The van der Waals surface area contributed by atoms with E-state index in [1.54, 1.807) is 10.7 Å². The van der Waals surface area contributed by atoms with Crippen molar-refractivity contribution in [3.05, 3.63) is 66.2 Å². The second-order valence-corrected chi connectivity index (χ2v) is 8.23. The largest absolute Gasteiger partial charge is 0.369 e. The SMILES string of the molecule is CN(c1cnc(-c2ccc3nn(C)cc3c2)c(-c2ccc(C#N)c(F)c2)c1)C1CCNC1. The van der Waals surface area contributed by atoms with Crippen molar-refractivity contribution in [3.63, 3.8) is 0 Å². The van der Waals surface area contributed by atoms with Crippen molar-refractivity contribution in [1.82, 2.24) is 20.1 Å². The Hall–Kier alpha value is -3.76. The molecule has 0 aliphatic carbocycles. The minimum atomic E-state index is -0.530. The molecule has 160 valence electrons. The van der Waals surface area contributed by atoms with E-state index in [4.69, 9.17) is 10.2 Å². The molecule has 1 N–H and O–H groups in total. The van der Waals surface area contributed by atoms with Crippen LogP contribution in [0, 0.1) is 17.1 Å². The van der Waals surface area contributed by atoms with Crippen molar-refractivity contribution in [3.8, 4) is 28.5 Å². The lowest BCUT2D eigenvalue weighted by atomic mass is 9.97. The number of hydrogen-bond acceptors (Lipinski definition) is 5. The van der Waals surface area contributed by atoms with Gasteiger partial charge in [-0.3, -0.25) is 9.67 Å². The van der Waals surface area contributed by atoms with E-state index in [2.05, 4.69) is 34.5 Å². The quantitative estimate of drug-likeness (QED) is 0.532. The zero-order valence-corrected chi connectivity index (χ0v) is 18.0. The molecule has 1 unspecified atom stereocenters. The monoisotopic (exact) mass is 426 g/mol. The van der Waals surface area contributed by atoms with Gasteiger partial charge in [0.2, 0.25) is 0 Å². The smallest absolute Gasteiger partial charge is 0.141 e. The van der Waals surface area contributed by atoms with Gasteiger partial charge in [0.05, 0.1) is 28.7 Å². The van der Waals surface area contributed by atoms with Gasteiger partial charge in [-0.15, -0.1) is 0 Å². The zero-order chi connectivity index (χ0) is 22.2. The highest BCUT2D eigenvalue weighted by Crippen LogP contribution is 2.35. The third-order valence-corrected chi connectivity index (χ3v) is 6.16. The molecule has 2 aromatic carbocycles. The van der Waals surface area contributed by atoms with Gasteiger partial charge in [-0.1, -0.05) is 12.1 Å². The number of hydrogen-bond donors (Lipinski definition) is 1. The van der Waals surface area contributed by atoms with Crippen molar-refractivity contribution in [2.24, 2.45) is 7.05 Å². The van der Waals surface area contributed by atoms with Crippen LogP contribution in [-0.2, 0) is 7.05 Å². The molecule has 6 nitrogen and oxygen atoms in total. The summed E-state index contributed by atoms with van der Waals surface area (Å²) in [6, 6.07) is 15.1. The van der Waals surface area contributed by atoms with Gasteiger partial charge in [-0.2, -0.15) is 10.4 Å². The van der Waals surface area contributed by atoms with Crippen molar-refractivity contribution >= 4 is 16.6 Å². The number of fused-ring (bicyclic) bond motifs is 1. The number of nitrogens with zero attached hydrogens (tertiary/aromatic N) is 5. The van der Waals surface area contributed by atoms with E-state index in [-0.39, 0.29) is 5.56 Å². The zero-order valence-electron chi connectivity index (χ0n) is 18.0. The number of nitrogens with one attached hydrogen (secondary N) is 1. The topological polar surface area (TPSA) is 69.8 Å². The Labute approximate surface area is 185 Å². The molecule has 0 bridgehead atoms. The minimum Gasteiger partial charge on any atom is -0.369 e. The van der Waals surface area contributed by atoms with Crippen molar-refractivity contribution < 1.29 is 4.39 Å². The van der Waals surface area contributed by atoms with Gasteiger partial charge in [0.15, 0.2) is 0 Å². The lowest BCUT2D eigenvalue weighted by molar-refractivity contribution is 0.624. The average molecular weight is 426 g/mol. The lowest BCUT2D eigenvalue weighted by Gasteiger charge is -2.26. The molecule has 0 radical (unpaired) electrons. The molecule has 4 aromatic rings. The van der Waals surface area contributed by atoms with E-state index in [0.29, 0.717) is 11.6 Å². The highest BCUT2D eigenvalue weighted by Gasteiger charge is 2.21. The molecule has 1 saturated heterocycles. The minimum absolute atomic E-state index is 0.0327. The van der Waals surface area contributed by atoms with Crippen molar-refractivity contribution in [2.45, 2.75) is 12.5 Å². The third-order valence-electron chi connectivity index (χ3n) is 6.16. The fourth-order valence-corrected chi connectivity index (χ4v) is 4.35. The first kappa shape index (κ1) is 20.2. The van der Waals surface area contributed by atoms with Crippen molar-refractivity contribution in [1.29, 1.82) is 5.26 Å². The van der Waals surface area contributed by atoms with Gasteiger partial charge in [0.1, 0.15) is 11.9 Å². The maximum atomic E-state index is 14.5. The Balaban J connectivity index is 1.66. The van der Waals surface area contributed by atoms with Crippen LogP contribution in [0.3, 0.4) is 0 Å². The molecule has 3 heterocycles. The van der Waals surface area contributed by atoms with Crippen LogP contribution in [0.4, 0.5) is 10.1 Å². The molecule has 1 atom stereocenters. The van der Waals surface area contributed by atoms with Gasteiger partial charge in [-0.05, 0) is 48.9 Å². The summed E-state index contributed by atoms with van der Waals surface area (Å²) in [5, 5.41) is 18.0. The van der Waals surface area contributed by atoms with E-state index in [1.165, 1.54) is 12.1 Å². The number of anilines is 1. The summed E-state index contributed by atoms with van der Waals surface area (Å²) in [7, 11) is 3.96. The Morgan fingerprint density at radius 3 is 2.78 bits per heavy atom. The van der Waals surface area contributed by atoms with E-state index in [1.807, 2.05) is 37.6 Å². The van der Waals surface area contributed by atoms with E-state index in [9.17, 15) is 4.39 Å². The van der Waals surface area contributed by atoms with Gasteiger partial charge in [0.25, 0.3) is 0 Å². The predicted octanol–water partition coefficient (Wildman–Crippen LogP) is 4.11. The van der Waals surface area contributed by atoms with E-state index in [0.717, 1.165) is 52.9 Å². The van der Waals surface area contributed by atoms with E-state index < -0.39 is 5.82 Å². The molecule has 1 aliphatic heterocycles. The van der Waals surface area contributed by atoms with Crippen LogP contribution < -0.4 is 10.2 Å². The van der Waals surface area contributed by atoms with Gasteiger partial charge < -0.3 is 10.2 Å². The van der Waals surface area contributed by atoms with Crippen LogP contribution in [-0.4, -0.2) is 40.9 Å². The Bertz CT molecular complexity index is 1350. The molecule has 2 aromatic heterocycles. The first-order valence-corrected chi connectivity index (χ1v) is 10.6. The van der Waals surface area contributed by atoms with Gasteiger partial charge >= 0.3 is 0 Å². The summed E-state index contributed by atoms with van der Waals surface area (Å²) in [4.78, 5) is 7.05. The predicted molar refractivity (Wildman–Crippen MR) is 124 cm³/mol. The normalized spacial score (nSPS) is 15.8. The van der Waals surface area contributed by atoms with Crippen LogP contribution in [0.1, 0.15) is 12.0 Å². The molecule has 0 amide bonds. The number of halogens is 1. The number of pyridine rings is 1. The highest BCUT2D eigenvalue weighted by atomic mass is 19.1. The van der Waals surface area contributed by atoms with Crippen LogP contribution in [0.25, 0.3) is 33.3 Å². The Morgan fingerprint density at radius 2 is 2.03 bits per heavy atom. The first-order valence-electron chi connectivity index (χ1n) is 10.6. The molecule has 0 saturated carbocycles. The molecule has 1 aliphatic rings. The van der Waals surface area contributed by atoms with Crippen LogP contribution in [0.15, 0.2) is 54.9 Å². The maximum Gasteiger partial charge on any atom is 0.141 e. The lowest BCUT2D eigenvalue weighted by Crippen LogP contribution is -2.33. The second kappa shape index (κ2) is 8.06. The fourth-order valence-electron chi connectivity index (χ4n) is 4.35. The third kappa shape index (κ3) is 3.59. The molecule has 7 heteroatoms. The number of likely N-dealkylation sites (N-methyl/N-ethyl adjacent to an activating group) is 1. The van der Waals surface area contributed by atoms with Gasteiger partial charge in [-0.25, -0.2) is 4.39 Å². The summed E-state index contributed by atoms with van der Waals surface area (Å²) in [5.41, 5.74) is 5.13. The highest BCUT2D eigenvalue weighted by molar-refractivity contribution is 5.89. The summed E-state index contributed by atoms with van der Waals surface area (Å²) < 4.78 is 16.3. The van der Waals surface area contributed by atoms with Crippen molar-refractivity contribution in [2.75, 3.05) is 25.0 Å². The number of nitriles is 1. The molecule has 5 rings (SSSR count). The number of aryl methyl sites for hydroxylation is 1. The standard InChI is InChI=1S/C25H23FN6/c1-31-15-19-9-17(5-6-24(19)30-31)25-22(16-3-4-18(12-27)23(26)10-16)11-21(14-29-25)32(2)20-7-8-28-13-20/h3-6,9-11,14-15,20,28H,7-8,13H2,1-2H3. The average Bonchev–Trinajstić information content (AvgIpc) is 3.46. The number of rotatable bonds is 4. The van der Waals surface area contributed by atoms with Gasteiger partial charge in [0, 0.05) is 49.4 Å². The Morgan fingerprint density at radius 1 is 1.19 bits per heavy atom.